The summed E-state index contributed by atoms with van der Waals surface area (Å²) in [5.41, 5.74) is 0. The maximum absolute atomic E-state index is 12.2. The lowest BCUT2D eigenvalue weighted by Crippen LogP contribution is -2.29. The Hall–Kier alpha value is -0.470. The third-order valence-electron chi connectivity index (χ3n) is 3.33. The van der Waals surface area contributed by atoms with Crippen LogP contribution in [0.25, 0.3) is 0 Å². The molecular weight excluding hydrogens is 306 g/mol. The number of thiophene rings is 1. The second-order valence-electron chi connectivity index (χ2n) is 4.81. The minimum Gasteiger partial charge on any atom is -0.312 e. The molecule has 0 bridgehead atoms. The van der Waals surface area contributed by atoms with Gasteiger partial charge in [-0.05, 0) is 38.7 Å². The van der Waals surface area contributed by atoms with Gasteiger partial charge in [-0.25, -0.2) is 13.1 Å². The quantitative estimate of drug-likeness (QED) is 0.607. The van der Waals surface area contributed by atoms with E-state index in [1.165, 1.54) is 11.3 Å². The Labute approximate surface area is 132 Å². The Morgan fingerprint density at radius 1 is 1.24 bits per heavy atom. The first-order chi connectivity index (χ1) is 10.0. The van der Waals surface area contributed by atoms with Gasteiger partial charge in [-0.2, -0.15) is 0 Å². The van der Waals surface area contributed by atoms with E-state index in [1.54, 1.807) is 11.4 Å². The third kappa shape index (κ3) is 6.44. The highest BCUT2D eigenvalue weighted by molar-refractivity contribution is 7.89. The average Bonchev–Trinajstić information content (AvgIpc) is 2.95. The van der Waals surface area contributed by atoms with E-state index in [-0.39, 0.29) is 0 Å². The Kier molecular flexibility index (Phi) is 8.43. The summed E-state index contributed by atoms with van der Waals surface area (Å²) in [7, 11) is -3.36. The fourth-order valence-electron chi connectivity index (χ4n) is 1.97. The highest BCUT2D eigenvalue weighted by Gasteiger charge is 2.15. The summed E-state index contributed by atoms with van der Waals surface area (Å²) in [6, 6.07) is 1.75. The molecule has 0 saturated carbocycles. The van der Waals surface area contributed by atoms with E-state index >= 15 is 0 Å². The van der Waals surface area contributed by atoms with Crippen molar-refractivity contribution in [2.75, 3.05) is 32.7 Å². The lowest BCUT2D eigenvalue weighted by molar-refractivity contribution is 0.300. The van der Waals surface area contributed by atoms with Crippen LogP contribution in [-0.4, -0.2) is 46.0 Å². The van der Waals surface area contributed by atoms with Crippen LogP contribution in [-0.2, 0) is 16.6 Å². The zero-order valence-electron chi connectivity index (χ0n) is 13.2. The van der Waals surface area contributed by atoms with Gasteiger partial charge in [0.15, 0.2) is 0 Å². The smallest absolute Gasteiger partial charge is 0.241 e. The molecule has 0 saturated heterocycles. The van der Waals surface area contributed by atoms with Gasteiger partial charge in [0.1, 0.15) is 0 Å². The molecule has 2 N–H and O–H groups in total. The fraction of sp³-hybridized carbons (Fsp3) is 0.714. The van der Waals surface area contributed by atoms with E-state index in [4.69, 9.17) is 0 Å². The van der Waals surface area contributed by atoms with Crippen molar-refractivity contribution in [1.29, 1.82) is 0 Å². The Balaban J connectivity index is 2.44. The molecule has 1 aromatic rings. The summed E-state index contributed by atoms with van der Waals surface area (Å²) < 4.78 is 27.0. The second-order valence-corrected chi connectivity index (χ2v) is 7.57. The summed E-state index contributed by atoms with van der Waals surface area (Å²) in [5, 5.41) is 4.90. The summed E-state index contributed by atoms with van der Waals surface area (Å²) in [6.07, 6.45) is 0.829. The van der Waals surface area contributed by atoms with E-state index in [1.807, 2.05) is 6.92 Å². The highest BCUT2D eigenvalue weighted by Crippen LogP contribution is 2.18. The first kappa shape index (κ1) is 18.6. The number of nitrogens with zero attached hydrogens (tertiary/aromatic N) is 1. The summed E-state index contributed by atoms with van der Waals surface area (Å²) in [4.78, 5) is 3.71. The minimum atomic E-state index is -3.36. The first-order valence-electron chi connectivity index (χ1n) is 7.53. The zero-order valence-corrected chi connectivity index (χ0v) is 14.8. The summed E-state index contributed by atoms with van der Waals surface area (Å²) in [5.74, 6) is 0. The van der Waals surface area contributed by atoms with Crippen LogP contribution < -0.4 is 10.0 Å². The number of hydrogen-bond donors (Lipinski definition) is 2. The normalized spacial score (nSPS) is 12.2. The van der Waals surface area contributed by atoms with Crippen molar-refractivity contribution in [1.82, 2.24) is 14.9 Å². The monoisotopic (exact) mass is 333 g/mol. The van der Waals surface area contributed by atoms with Gasteiger partial charge in [0.25, 0.3) is 0 Å². The molecule has 0 aliphatic rings. The lowest BCUT2D eigenvalue weighted by atomic mass is 10.4. The van der Waals surface area contributed by atoms with Crippen LogP contribution >= 0.6 is 11.3 Å². The maximum atomic E-state index is 12.2. The molecule has 1 rings (SSSR count). The summed E-state index contributed by atoms with van der Waals surface area (Å²) in [6.45, 7) is 11.3. The standard InChI is InChI=1S/C14H27N3O2S2/c1-4-15-11-13-10-14(12-20-13)21(18,19)16-8-7-9-17(5-2)6-3/h10,12,15-16H,4-9,11H2,1-3H3. The van der Waals surface area contributed by atoms with E-state index in [0.717, 1.165) is 44.0 Å². The number of rotatable bonds is 11. The number of sulfonamides is 1. The molecule has 0 amide bonds. The van der Waals surface area contributed by atoms with Crippen molar-refractivity contribution in [3.05, 3.63) is 16.3 Å². The van der Waals surface area contributed by atoms with Gasteiger partial charge in [-0.3, -0.25) is 0 Å². The van der Waals surface area contributed by atoms with Crippen molar-refractivity contribution in [2.45, 2.75) is 38.6 Å². The van der Waals surface area contributed by atoms with Crippen molar-refractivity contribution in [3.8, 4) is 0 Å². The van der Waals surface area contributed by atoms with Crippen LogP contribution in [0.3, 0.4) is 0 Å². The number of nitrogens with one attached hydrogen (secondary N) is 2. The van der Waals surface area contributed by atoms with Crippen molar-refractivity contribution in [2.24, 2.45) is 0 Å². The molecule has 122 valence electrons. The predicted molar refractivity (Wildman–Crippen MR) is 89.3 cm³/mol. The van der Waals surface area contributed by atoms with Crippen LogP contribution in [0.2, 0.25) is 0 Å². The molecule has 0 aromatic carbocycles. The van der Waals surface area contributed by atoms with Crippen LogP contribution in [0, 0.1) is 0 Å². The van der Waals surface area contributed by atoms with Gasteiger partial charge in [-0.1, -0.05) is 20.8 Å². The molecule has 1 heterocycles. The van der Waals surface area contributed by atoms with Gasteiger partial charge in [0.05, 0.1) is 4.90 Å². The van der Waals surface area contributed by atoms with Crippen LogP contribution in [0.1, 0.15) is 32.1 Å². The third-order valence-corrected chi connectivity index (χ3v) is 5.85. The molecule has 5 nitrogen and oxygen atoms in total. The van der Waals surface area contributed by atoms with Gasteiger partial charge >= 0.3 is 0 Å². The summed E-state index contributed by atoms with van der Waals surface area (Å²) >= 11 is 1.48. The molecule has 0 atom stereocenters. The number of hydrogen-bond acceptors (Lipinski definition) is 5. The molecule has 0 radical (unpaired) electrons. The van der Waals surface area contributed by atoms with Gasteiger partial charge in [0.2, 0.25) is 10.0 Å². The predicted octanol–water partition coefficient (Wildman–Crippen LogP) is 1.87. The van der Waals surface area contributed by atoms with Crippen molar-refractivity contribution in [3.63, 3.8) is 0 Å². The molecule has 1 aromatic heterocycles. The van der Waals surface area contributed by atoms with E-state index < -0.39 is 10.0 Å². The molecule has 0 aliphatic heterocycles. The molecule has 0 spiro atoms. The Bertz CT molecular complexity index is 496. The van der Waals surface area contributed by atoms with Gasteiger partial charge in [-0.15, -0.1) is 11.3 Å². The average molecular weight is 334 g/mol. The van der Waals surface area contributed by atoms with Crippen LogP contribution in [0.4, 0.5) is 0 Å². The first-order valence-corrected chi connectivity index (χ1v) is 9.89. The lowest BCUT2D eigenvalue weighted by Gasteiger charge is -2.17. The van der Waals surface area contributed by atoms with Crippen LogP contribution in [0.15, 0.2) is 16.3 Å². The van der Waals surface area contributed by atoms with Crippen molar-refractivity contribution >= 4 is 21.4 Å². The van der Waals surface area contributed by atoms with Gasteiger partial charge < -0.3 is 10.2 Å². The molecule has 0 fully saturated rings. The Morgan fingerprint density at radius 2 is 1.95 bits per heavy atom. The van der Waals surface area contributed by atoms with Gasteiger partial charge in [0, 0.05) is 23.3 Å². The molecular formula is C14H27N3O2S2. The van der Waals surface area contributed by atoms with E-state index in [9.17, 15) is 8.42 Å². The topological polar surface area (TPSA) is 61.4 Å². The molecule has 0 aliphatic carbocycles. The Morgan fingerprint density at radius 3 is 2.57 bits per heavy atom. The minimum absolute atomic E-state index is 0.378. The fourth-order valence-corrected chi connectivity index (χ4v) is 4.29. The molecule has 0 unspecified atom stereocenters. The highest BCUT2D eigenvalue weighted by atomic mass is 32.2. The van der Waals surface area contributed by atoms with E-state index in [0.29, 0.717) is 11.4 Å². The molecule has 7 heteroatoms. The zero-order chi connectivity index (χ0) is 15.7. The van der Waals surface area contributed by atoms with E-state index in [2.05, 4.69) is 28.8 Å². The van der Waals surface area contributed by atoms with Crippen molar-refractivity contribution < 1.29 is 8.42 Å². The molecule has 21 heavy (non-hydrogen) atoms. The largest absolute Gasteiger partial charge is 0.312 e. The SMILES string of the molecule is CCNCc1cc(S(=O)(=O)NCCCN(CC)CC)cs1. The van der Waals surface area contributed by atoms with Crippen LogP contribution in [0.5, 0.6) is 0 Å². The second kappa shape index (κ2) is 9.53. The maximum Gasteiger partial charge on any atom is 0.241 e.